The Bertz CT molecular complexity index is 1240. The van der Waals surface area contributed by atoms with Crippen LogP contribution in [0.5, 0.6) is 0 Å². The van der Waals surface area contributed by atoms with Crippen molar-refractivity contribution < 1.29 is 18.7 Å². The van der Waals surface area contributed by atoms with Crippen LogP contribution in [0, 0.1) is 6.92 Å². The van der Waals surface area contributed by atoms with Crippen LogP contribution in [-0.2, 0) is 11.2 Å². The summed E-state index contributed by atoms with van der Waals surface area (Å²) in [5.41, 5.74) is 3.58. The van der Waals surface area contributed by atoms with E-state index in [0.717, 1.165) is 27.5 Å². The fraction of sp³-hybridized carbons (Fsp3) is 0.217. The summed E-state index contributed by atoms with van der Waals surface area (Å²) >= 11 is 0. The van der Waals surface area contributed by atoms with Crippen LogP contribution in [0.4, 0.5) is 0 Å². The maximum Gasteiger partial charge on any atom is 0.340 e. The molecule has 0 aliphatic heterocycles. The van der Waals surface area contributed by atoms with E-state index in [1.54, 1.807) is 12.3 Å². The van der Waals surface area contributed by atoms with Crippen LogP contribution in [0.15, 0.2) is 62.4 Å². The normalized spacial score (nSPS) is 11.2. The molecular weight excluding hydrogens is 370 g/mol. The summed E-state index contributed by atoms with van der Waals surface area (Å²) in [6.07, 6.45) is 2.10. The summed E-state index contributed by atoms with van der Waals surface area (Å²) in [5, 5.41) is 13.2. The molecule has 0 aliphatic rings. The number of carbonyl (C=O) groups is 1. The average Bonchev–Trinajstić information content (AvgIpc) is 3.13. The number of amides is 1. The van der Waals surface area contributed by atoms with Gasteiger partial charge < -0.3 is 19.3 Å². The Kier molecular flexibility index (Phi) is 5.18. The van der Waals surface area contributed by atoms with E-state index in [0.29, 0.717) is 29.7 Å². The number of rotatable bonds is 6. The van der Waals surface area contributed by atoms with Gasteiger partial charge in [0.15, 0.2) is 0 Å². The smallest absolute Gasteiger partial charge is 0.340 e. The zero-order valence-corrected chi connectivity index (χ0v) is 16.0. The molecule has 4 aromatic rings. The molecule has 2 N–H and O–H groups in total. The summed E-state index contributed by atoms with van der Waals surface area (Å²) in [6.45, 7) is 2.19. The molecule has 148 valence electrons. The minimum absolute atomic E-state index is 0.00185. The van der Waals surface area contributed by atoms with Crippen molar-refractivity contribution in [1.82, 2.24) is 5.32 Å². The number of hydrogen-bond donors (Lipinski definition) is 2. The summed E-state index contributed by atoms with van der Waals surface area (Å²) < 4.78 is 11.2. The fourth-order valence-corrected chi connectivity index (χ4v) is 3.49. The molecule has 0 bridgehead atoms. The Morgan fingerprint density at radius 1 is 1.10 bits per heavy atom. The van der Waals surface area contributed by atoms with Crippen LogP contribution in [0.25, 0.3) is 33.1 Å². The SMILES string of the molecule is Cc1c(CC(=O)NCCCO)c(=O)oc2cc3occ(-c4ccccc4)c3cc12. The number of aliphatic hydroxyl groups excluding tert-OH is 1. The minimum atomic E-state index is -0.526. The molecule has 0 atom stereocenters. The van der Waals surface area contributed by atoms with E-state index in [2.05, 4.69) is 5.32 Å². The first kappa shape index (κ1) is 19.0. The summed E-state index contributed by atoms with van der Waals surface area (Å²) in [6, 6.07) is 13.6. The lowest BCUT2D eigenvalue weighted by Crippen LogP contribution is -2.29. The topological polar surface area (TPSA) is 92.7 Å². The Morgan fingerprint density at radius 3 is 2.66 bits per heavy atom. The molecule has 29 heavy (non-hydrogen) atoms. The Morgan fingerprint density at radius 2 is 1.90 bits per heavy atom. The summed E-state index contributed by atoms with van der Waals surface area (Å²) in [5.74, 6) is -0.275. The van der Waals surface area contributed by atoms with Gasteiger partial charge in [0.25, 0.3) is 0 Å². The lowest BCUT2D eigenvalue weighted by Gasteiger charge is -2.09. The fourth-order valence-electron chi connectivity index (χ4n) is 3.49. The first-order valence-corrected chi connectivity index (χ1v) is 9.49. The second-order valence-corrected chi connectivity index (χ2v) is 6.96. The van der Waals surface area contributed by atoms with Crippen LogP contribution >= 0.6 is 0 Å². The molecule has 0 unspecified atom stereocenters. The second kappa shape index (κ2) is 7.93. The second-order valence-electron chi connectivity index (χ2n) is 6.96. The van der Waals surface area contributed by atoms with Gasteiger partial charge in [-0.15, -0.1) is 0 Å². The highest BCUT2D eigenvalue weighted by molar-refractivity contribution is 6.02. The first-order valence-electron chi connectivity index (χ1n) is 9.49. The lowest BCUT2D eigenvalue weighted by atomic mass is 9.99. The van der Waals surface area contributed by atoms with Crippen LogP contribution in [-0.4, -0.2) is 24.2 Å². The molecule has 0 saturated carbocycles. The maximum atomic E-state index is 12.5. The molecule has 0 aliphatic carbocycles. The van der Waals surface area contributed by atoms with Gasteiger partial charge in [0.2, 0.25) is 5.91 Å². The van der Waals surface area contributed by atoms with Gasteiger partial charge in [-0.25, -0.2) is 4.79 Å². The molecule has 0 spiro atoms. The maximum absolute atomic E-state index is 12.5. The number of carbonyl (C=O) groups excluding carboxylic acids is 1. The molecule has 0 saturated heterocycles. The monoisotopic (exact) mass is 391 g/mol. The largest absolute Gasteiger partial charge is 0.464 e. The molecule has 1 amide bonds. The third kappa shape index (κ3) is 3.67. The molecule has 0 fully saturated rings. The molecule has 2 aromatic carbocycles. The molecule has 6 nitrogen and oxygen atoms in total. The highest BCUT2D eigenvalue weighted by atomic mass is 16.4. The standard InChI is InChI=1S/C23H21NO5/c1-14-16-10-18-19(15-6-3-2-4-7-15)13-28-20(18)12-21(16)29-23(27)17(14)11-22(26)24-8-5-9-25/h2-4,6-7,10,12-13,25H,5,8-9,11H2,1H3,(H,24,26). The predicted octanol–water partition coefficient (Wildman–Crippen LogP) is 3.56. The van der Waals surface area contributed by atoms with Crippen molar-refractivity contribution in [3.8, 4) is 11.1 Å². The van der Waals surface area contributed by atoms with Gasteiger partial charge >= 0.3 is 5.63 Å². The number of nitrogens with one attached hydrogen (secondary N) is 1. The first-order chi connectivity index (χ1) is 14.1. The third-order valence-corrected chi connectivity index (χ3v) is 5.06. The van der Waals surface area contributed by atoms with Crippen molar-refractivity contribution in [1.29, 1.82) is 0 Å². The predicted molar refractivity (Wildman–Crippen MR) is 111 cm³/mol. The van der Waals surface area contributed by atoms with Gasteiger partial charge in [-0.05, 0) is 30.5 Å². The van der Waals surface area contributed by atoms with E-state index in [4.69, 9.17) is 13.9 Å². The number of aliphatic hydroxyl groups is 1. The van der Waals surface area contributed by atoms with Gasteiger partial charge in [-0.1, -0.05) is 30.3 Å². The third-order valence-electron chi connectivity index (χ3n) is 5.06. The number of furan rings is 1. The van der Waals surface area contributed by atoms with Crippen LogP contribution in [0.3, 0.4) is 0 Å². The van der Waals surface area contributed by atoms with Crippen molar-refractivity contribution in [2.45, 2.75) is 19.8 Å². The van der Waals surface area contributed by atoms with E-state index >= 15 is 0 Å². The number of benzene rings is 2. The lowest BCUT2D eigenvalue weighted by molar-refractivity contribution is -0.120. The Labute approximate surface area is 166 Å². The van der Waals surface area contributed by atoms with Crippen molar-refractivity contribution >= 4 is 27.8 Å². The average molecular weight is 391 g/mol. The molecular formula is C23H21NO5. The Hall–Kier alpha value is -3.38. The van der Waals surface area contributed by atoms with Crippen LogP contribution < -0.4 is 10.9 Å². The van der Waals surface area contributed by atoms with E-state index in [9.17, 15) is 9.59 Å². The van der Waals surface area contributed by atoms with Gasteiger partial charge in [0.1, 0.15) is 11.2 Å². The summed E-state index contributed by atoms with van der Waals surface area (Å²) in [7, 11) is 0. The van der Waals surface area contributed by atoms with Crippen molar-refractivity contribution in [3.63, 3.8) is 0 Å². The number of aryl methyl sites for hydroxylation is 1. The van der Waals surface area contributed by atoms with E-state index < -0.39 is 5.63 Å². The number of fused-ring (bicyclic) bond motifs is 2. The molecule has 4 rings (SSSR count). The zero-order chi connectivity index (χ0) is 20.4. The summed E-state index contributed by atoms with van der Waals surface area (Å²) in [4.78, 5) is 24.6. The molecule has 0 radical (unpaired) electrons. The van der Waals surface area contributed by atoms with E-state index in [1.165, 1.54) is 0 Å². The minimum Gasteiger partial charge on any atom is -0.464 e. The van der Waals surface area contributed by atoms with Gasteiger partial charge in [-0.3, -0.25) is 4.79 Å². The van der Waals surface area contributed by atoms with Crippen LogP contribution in [0.2, 0.25) is 0 Å². The van der Waals surface area contributed by atoms with E-state index in [-0.39, 0.29) is 18.9 Å². The van der Waals surface area contributed by atoms with Crippen LogP contribution in [0.1, 0.15) is 17.5 Å². The molecule has 6 heteroatoms. The zero-order valence-electron chi connectivity index (χ0n) is 16.0. The van der Waals surface area contributed by atoms with Crippen molar-refractivity contribution in [2.75, 3.05) is 13.2 Å². The highest BCUT2D eigenvalue weighted by Crippen LogP contribution is 2.34. The van der Waals surface area contributed by atoms with Crippen molar-refractivity contribution in [3.05, 3.63) is 70.3 Å². The highest BCUT2D eigenvalue weighted by Gasteiger charge is 2.17. The molecule has 2 heterocycles. The number of hydrogen-bond acceptors (Lipinski definition) is 5. The van der Waals surface area contributed by atoms with E-state index in [1.807, 2.05) is 43.3 Å². The quantitative estimate of drug-likeness (QED) is 0.387. The van der Waals surface area contributed by atoms with Gasteiger partial charge in [-0.2, -0.15) is 0 Å². The molecule has 2 aromatic heterocycles. The van der Waals surface area contributed by atoms with Gasteiger partial charge in [0, 0.05) is 35.6 Å². The Balaban J connectivity index is 1.78. The van der Waals surface area contributed by atoms with Gasteiger partial charge in [0.05, 0.1) is 18.2 Å². The van der Waals surface area contributed by atoms with Crippen molar-refractivity contribution in [2.24, 2.45) is 0 Å².